The molecule has 0 amide bonds. The van der Waals surface area contributed by atoms with Gasteiger partial charge < -0.3 is 18.9 Å². The van der Waals surface area contributed by atoms with Gasteiger partial charge in [0.1, 0.15) is 12.3 Å². The molecule has 0 aliphatic carbocycles. The van der Waals surface area contributed by atoms with Crippen LogP contribution in [0.3, 0.4) is 0 Å². The molecule has 12 heteroatoms. The molecule has 0 unspecified atom stereocenters. The Hall–Kier alpha value is -4.74. The summed E-state index contributed by atoms with van der Waals surface area (Å²) in [6.45, 7) is 4.08. The van der Waals surface area contributed by atoms with E-state index < -0.39 is 48.8 Å². The number of anilines is 2. The minimum atomic E-state index is -1.46. The number of nitrogens with one attached hydrogen (secondary N) is 2. The van der Waals surface area contributed by atoms with E-state index in [0.717, 1.165) is 27.7 Å². The van der Waals surface area contributed by atoms with Gasteiger partial charge in [-0.15, -0.1) is 0 Å². The van der Waals surface area contributed by atoms with Crippen LogP contribution in [0.25, 0.3) is 0 Å². The van der Waals surface area contributed by atoms with Crippen LogP contribution in [-0.2, 0) is 38.1 Å². The van der Waals surface area contributed by atoms with Crippen LogP contribution in [0.5, 0.6) is 0 Å². The van der Waals surface area contributed by atoms with E-state index in [4.69, 9.17) is 18.9 Å². The van der Waals surface area contributed by atoms with Crippen molar-refractivity contribution in [2.45, 2.75) is 46.0 Å². The molecule has 0 bridgehead atoms. The number of rotatable bonds is 13. The van der Waals surface area contributed by atoms with Crippen LogP contribution >= 0.6 is 0 Å². The second-order valence-electron chi connectivity index (χ2n) is 7.81. The van der Waals surface area contributed by atoms with E-state index in [-0.39, 0.29) is 5.71 Å². The maximum absolute atomic E-state index is 12.1. The highest BCUT2D eigenvalue weighted by molar-refractivity contribution is 6.33. The quantitative estimate of drug-likeness (QED) is 0.172. The molecule has 202 valence electrons. The molecule has 0 spiro atoms. The van der Waals surface area contributed by atoms with Gasteiger partial charge in [-0.05, 0) is 24.3 Å². The molecule has 0 fully saturated rings. The zero-order chi connectivity index (χ0) is 27.9. The van der Waals surface area contributed by atoms with Gasteiger partial charge in [0.15, 0.2) is 18.3 Å². The second-order valence-corrected chi connectivity index (χ2v) is 7.81. The summed E-state index contributed by atoms with van der Waals surface area (Å²) in [7, 11) is 0. The average Bonchev–Trinajstić information content (AvgIpc) is 2.87. The molecule has 0 aromatic heterocycles. The van der Waals surface area contributed by atoms with Crippen molar-refractivity contribution in [2.24, 2.45) is 10.2 Å². The van der Waals surface area contributed by atoms with Crippen LogP contribution in [0.4, 0.5) is 11.4 Å². The first-order valence-electron chi connectivity index (χ1n) is 11.5. The van der Waals surface area contributed by atoms with Gasteiger partial charge in [0, 0.05) is 27.7 Å². The van der Waals surface area contributed by atoms with Crippen LogP contribution in [-0.4, -0.2) is 60.7 Å². The Morgan fingerprint density at radius 1 is 0.737 bits per heavy atom. The van der Waals surface area contributed by atoms with Crippen LogP contribution in [0.1, 0.15) is 27.7 Å². The van der Waals surface area contributed by atoms with Gasteiger partial charge in [-0.3, -0.25) is 30.0 Å². The van der Waals surface area contributed by atoms with E-state index in [1.54, 1.807) is 48.5 Å². The fraction of sp³-hybridized carbons (Fsp3) is 0.308. The summed E-state index contributed by atoms with van der Waals surface area (Å²) in [5.74, 6) is -2.94. The van der Waals surface area contributed by atoms with Crippen molar-refractivity contribution in [3.05, 3.63) is 60.7 Å². The number of hydrogen-bond acceptors (Lipinski definition) is 12. The van der Waals surface area contributed by atoms with Crippen molar-refractivity contribution >= 4 is 47.2 Å². The third kappa shape index (κ3) is 10.9. The molecule has 2 aromatic rings. The molecule has 2 aromatic carbocycles. The van der Waals surface area contributed by atoms with Crippen LogP contribution in [0, 0.1) is 0 Å². The molecule has 0 radical (unpaired) electrons. The number of carbonyl (C=O) groups is 4. The highest BCUT2D eigenvalue weighted by atomic mass is 16.6. The van der Waals surface area contributed by atoms with E-state index in [2.05, 4.69) is 21.1 Å². The highest BCUT2D eigenvalue weighted by Crippen LogP contribution is 2.17. The Morgan fingerprint density at radius 3 is 1.76 bits per heavy atom. The number of hydrogen-bond donors (Lipinski definition) is 2. The number of carbonyl (C=O) groups excluding carboxylic acids is 4. The Kier molecular flexibility index (Phi) is 11.9. The first kappa shape index (κ1) is 29.5. The summed E-state index contributed by atoms with van der Waals surface area (Å²) >= 11 is 0. The van der Waals surface area contributed by atoms with Crippen molar-refractivity contribution < 1.29 is 38.1 Å². The van der Waals surface area contributed by atoms with E-state index in [0.29, 0.717) is 11.4 Å². The predicted molar refractivity (Wildman–Crippen MR) is 139 cm³/mol. The van der Waals surface area contributed by atoms with Crippen molar-refractivity contribution in [1.29, 1.82) is 0 Å². The van der Waals surface area contributed by atoms with Crippen molar-refractivity contribution in [1.82, 2.24) is 0 Å². The van der Waals surface area contributed by atoms with E-state index >= 15 is 0 Å². The third-order valence-corrected chi connectivity index (χ3v) is 4.57. The van der Waals surface area contributed by atoms with Gasteiger partial charge in [0.05, 0.1) is 17.6 Å². The Balaban J connectivity index is 2.54. The van der Waals surface area contributed by atoms with Gasteiger partial charge in [0.2, 0.25) is 0 Å². The molecule has 0 aliphatic rings. The molecule has 3 atom stereocenters. The van der Waals surface area contributed by atoms with Gasteiger partial charge in [-0.2, -0.15) is 10.2 Å². The van der Waals surface area contributed by atoms with Gasteiger partial charge >= 0.3 is 23.9 Å². The lowest BCUT2D eigenvalue weighted by molar-refractivity contribution is -0.183. The first-order valence-corrected chi connectivity index (χ1v) is 11.5. The lowest BCUT2D eigenvalue weighted by Gasteiger charge is -2.31. The Morgan fingerprint density at radius 2 is 1.26 bits per heavy atom. The molecule has 12 nitrogen and oxygen atoms in total. The van der Waals surface area contributed by atoms with Crippen molar-refractivity contribution in [2.75, 3.05) is 17.5 Å². The largest absolute Gasteiger partial charge is 0.462 e. The average molecular weight is 527 g/mol. The maximum Gasteiger partial charge on any atom is 0.303 e. The lowest BCUT2D eigenvalue weighted by Crippen LogP contribution is -2.51. The van der Waals surface area contributed by atoms with Crippen LogP contribution in [0.2, 0.25) is 0 Å². The fourth-order valence-corrected chi connectivity index (χ4v) is 3.10. The zero-order valence-corrected chi connectivity index (χ0v) is 21.5. The lowest BCUT2D eigenvalue weighted by atomic mass is 10.0. The first-order chi connectivity index (χ1) is 18.2. The summed E-state index contributed by atoms with van der Waals surface area (Å²) in [4.78, 5) is 47.5. The van der Waals surface area contributed by atoms with Crippen LogP contribution in [0.15, 0.2) is 70.9 Å². The summed E-state index contributed by atoms with van der Waals surface area (Å²) in [6, 6.07) is 17.9. The molecule has 0 aliphatic heterocycles. The Bertz CT molecular complexity index is 1140. The van der Waals surface area contributed by atoms with Crippen molar-refractivity contribution in [3.8, 4) is 0 Å². The predicted octanol–water partition coefficient (Wildman–Crippen LogP) is 2.91. The summed E-state index contributed by atoms with van der Waals surface area (Å²) < 4.78 is 21.2. The van der Waals surface area contributed by atoms with Gasteiger partial charge in [-0.1, -0.05) is 36.4 Å². The Labute approximate surface area is 220 Å². The van der Waals surface area contributed by atoms with Crippen LogP contribution < -0.4 is 10.9 Å². The second kappa shape index (κ2) is 15.4. The number of ether oxygens (including phenoxy) is 4. The topological polar surface area (TPSA) is 154 Å². The fourth-order valence-electron chi connectivity index (χ4n) is 3.10. The molecular weight excluding hydrogens is 496 g/mol. The normalized spacial score (nSPS) is 13.5. The summed E-state index contributed by atoms with van der Waals surface area (Å²) in [6.07, 6.45) is -2.99. The molecule has 0 saturated carbocycles. The number of nitrogens with zero attached hydrogens (tertiary/aromatic N) is 2. The maximum atomic E-state index is 12.1. The smallest absolute Gasteiger partial charge is 0.303 e. The number of para-hydroxylation sites is 2. The van der Waals surface area contributed by atoms with E-state index in [1.165, 1.54) is 6.21 Å². The zero-order valence-electron chi connectivity index (χ0n) is 21.5. The third-order valence-electron chi connectivity index (χ3n) is 4.57. The molecule has 0 saturated heterocycles. The van der Waals surface area contributed by atoms with Gasteiger partial charge in [0.25, 0.3) is 0 Å². The standard InChI is InChI=1S/C26H30N4O8/c1-17(31)35-16-24(36-18(2)32)26(38-20(4)34)25(37-19(3)33)23(30-29-22-13-9-6-10-14-22)15-27-28-21-11-7-5-8-12-21/h5-15,24-26,28-29H,16H2,1-4H3/b27-15+,30-23+/t24-,25-,26+/m1/s1. The number of esters is 4. The number of benzene rings is 2. The molecular formula is C26H30N4O8. The highest BCUT2D eigenvalue weighted by Gasteiger charge is 2.40. The SMILES string of the molecule is CC(=O)OC[C@@H](OC(C)=O)[C@H](OC(C)=O)[C@H](OC(C)=O)C(/C=N/Nc1ccccc1)=N/Nc1ccccc1. The summed E-state index contributed by atoms with van der Waals surface area (Å²) in [5, 5.41) is 8.49. The number of hydrazone groups is 2. The molecule has 2 rings (SSSR count). The van der Waals surface area contributed by atoms with Gasteiger partial charge in [-0.25, -0.2) is 0 Å². The summed E-state index contributed by atoms with van der Waals surface area (Å²) in [5.41, 5.74) is 6.89. The monoisotopic (exact) mass is 526 g/mol. The minimum absolute atomic E-state index is 0.0151. The van der Waals surface area contributed by atoms with Crippen molar-refractivity contribution in [3.63, 3.8) is 0 Å². The molecule has 38 heavy (non-hydrogen) atoms. The minimum Gasteiger partial charge on any atom is -0.462 e. The molecule has 2 N–H and O–H groups in total. The van der Waals surface area contributed by atoms with E-state index in [1.807, 2.05) is 12.1 Å². The molecule has 0 heterocycles. The van der Waals surface area contributed by atoms with E-state index in [9.17, 15) is 19.2 Å².